The topological polar surface area (TPSA) is 95.4 Å². The van der Waals surface area contributed by atoms with Crippen LogP contribution in [-0.4, -0.2) is 67.7 Å². The number of carbonyl (C=O) groups is 2. The van der Waals surface area contributed by atoms with Crippen molar-refractivity contribution in [1.82, 2.24) is 29.7 Å². The van der Waals surface area contributed by atoms with Gasteiger partial charge in [-0.2, -0.15) is 0 Å². The first-order valence-corrected chi connectivity index (χ1v) is 11.6. The Morgan fingerprint density at radius 2 is 1.20 bits per heavy atom. The van der Waals surface area contributed by atoms with Gasteiger partial charge >= 0.3 is 0 Å². The summed E-state index contributed by atoms with van der Waals surface area (Å²) in [7, 11) is 0. The smallest absolute Gasteiger partial charge is 0.261 e. The van der Waals surface area contributed by atoms with Crippen molar-refractivity contribution in [3.05, 3.63) is 89.5 Å². The van der Waals surface area contributed by atoms with Gasteiger partial charge in [-0.15, -0.1) is 0 Å². The minimum atomic E-state index is -0.289. The third-order valence-corrected chi connectivity index (χ3v) is 6.49. The molecule has 9 heteroatoms. The van der Waals surface area contributed by atoms with E-state index in [2.05, 4.69) is 19.8 Å². The average molecular weight is 466 g/mol. The molecule has 0 unspecified atom stereocenters. The van der Waals surface area contributed by atoms with Gasteiger partial charge in [0.1, 0.15) is 0 Å². The molecule has 1 fully saturated rings. The Morgan fingerprint density at radius 1 is 0.657 bits per heavy atom. The molecule has 0 spiro atoms. The molecular weight excluding hydrogens is 442 g/mol. The first kappa shape index (κ1) is 21.3. The van der Waals surface area contributed by atoms with Gasteiger partial charge in [-0.1, -0.05) is 24.3 Å². The molecule has 0 saturated carbocycles. The minimum Gasteiger partial charge on any atom is -0.338 e. The van der Waals surface area contributed by atoms with E-state index in [1.165, 1.54) is 4.90 Å². The highest BCUT2D eigenvalue weighted by atomic mass is 16.2. The van der Waals surface area contributed by atoms with E-state index in [9.17, 15) is 9.59 Å². The lowest BCUT2D eigenvalue weighted by molar-refractivity contribution is 0.0639. The number of aromatic nitrogens is 4. The largest absolute Gasteiger partial charge is 0.338 e. The Labute approximate surface area is 202 Å². The second kappa shape index (κ2) is 8.84. The van der Waals surface area contributed by atoms with Gasteiger partial charge in [-0.05, 0) is 30.3 Å². The minimum absolute atomic E-state index is 0.0946. The summed E-state index contributed by atoms with van der Waals surface area (Å²) in [5.74, 6) is 0.162. The van der Waals surface area contributed by atoms with E-state index in [4.69, 9.17) is 9.97 Å². The number of fused-ring (bicyclic) bond motifs is 2. The highest BCUT2D eigenvalue weighted by molar-refractivity contribution is 6.21. The monoisotopic (exact) mass is 465 g/mol. The third kappa shape index (κ3) is 4.00. The van der Waals surface area contributed by atoms with Crippen LogP contribution in [0.15, 0.2) is 67.0 Å². The Balaban J connectivity index is 1.25. The van der Waals surface area contributed by atoms with Gasteiger partial charge in [0.2, 0.25) is 5.95 Å². The Bertz CT molecular complexity index is 1380. The molecule has 2 aliphatic rings. The number of piperazine rings is 1. The summed E-state index contributed by atoms with van der Waals surface area (Å²) in [5, 5.41) is 0. The molecule has 4 heterocycles. The fourth-order valence-electron chi connectivity index (χ4n) is 4.63. The molecule has 0 atom stereocenters. The zero-order valence-electron chi connectivity index (χ0n) is 19.0. The standard InChI is InChI=1S/C26H23N7O2/c34-24-18-6-1-2-7-19(18)25(35)33(24)17-23-22(29-20-8-3-4-9-21(20)30-23)16-31-12-14-32(15-13-31)26-27-10-5-11-28-26/h1-11H,12-17H2. The number of imide groups is 1. The lowest BCUT2D eigenvalue weighted by Gasteiger charge is -2.34. The lowest BCUT2D eigenvalue weighted by atomic mass is 10.1. The van der Waals surface area contributed by atoms with Gasteiger partial charge in [0.15, 0.2) is 0 Å². The fourth-order valence-corrected chi connectivity index (χ4v) is 4.63. The summed E-state index contributed by atoms with van der Waals surface area (Å²) in [5.41, 5.74) is 3.84. The van der Waals surface area contributed by atoms with Crippen LogP contribution in [-0.2, 0) is 13.1 Å². The number of amides is 2. The van der Waals surface area contributed by atoms with E-state index < -0.39 is 0 Å². The van der Waals surface area contributed by atoms with Crippen molar-refractivity contribution >= 4 is 28.8 Å². The van der Waals surface area contributed by atoms with E-state index in [0.29, 0.717) is 23.4 Å². The van der Waals surface area contributed by atoms with Crippen LogP contribution >= 0.6 is 0 Å². The molecule has 2 amide bonds. The predicted molar refractivity (Wildman–Crippen MR) is 130 cm³/mol. The summed E-state index contributed by atoms with van der Waals surface area (Å²) in [6.07, 6.45) is 3.51. The zero-order valence-corrected chi connectivity index (χ0v) is 19.0. The maximum atomic E-state index is 13.0. The van der Waals surface area contributed by atoms with Crippen molar-refractivity contribution in [3.63, 3.8) is 0 Å². The second-order valence-corrected chi connectivity index (χ2v) is 8.66. The Morgan fingerprint density at radius 3 is 1.80 bits per heavy atom. The number of carbonyl (C=O) groups excluding carboxylic acids is 2. The highest BCUT2D eigenvalue weighted by Crippen LogP contribution is 2.26. The van der Waals surface area contributed by atoms with Gasteiger partial charge in [0.05, 0.1) is 40.1 Å². The summed E-state index contributed by atoms with van der Waals surface area (Å²) in [6.45, 7) is 3.92. The first-order valence-electron chi connectivity index (χ1n) is 11.6. The van der Waals surface area contributed by atoms with Crippen LogP contribution in [0.2, 0.25) is 0 Å². The summed E-state index contributed by atoms with van der Waals surface area (Å²) < 4.78 is 0. The average Bonchev–Trinajstić information content (AvgIpc) is 3.15. The van der Waals surface area contributed by atoms with Gasteiger partial charge in [0.25, 0.3) is 11.8 Å². The molecule has 2 aromatic carbocycles. The second-order valence-electron chi connectivity index (χ2n) is 8.66. The number of benzene rings is 2. The van der Waals surface area contributed by atoms with Crippen LogP contribution in [0.4, 0.5) is 5.95 Å². The van der Waals surface area contributed by atoms with E-state index >= 15 is 0 Å². The number of hydrogen-bond donors (Lipinski definition) is 0. The predicted octanol–water partition coefficient (Wildman–Crippen LogP) is 2.54. The van der Waals surface area contributed by atoms with Crippen LogP contribution in [0.1, 0.15) is 32.1 Å². The van der Waals surface area contributed by atoms with Crippen molar-refractivity contribution in [2.45, 2.75) is 13.1 Å². The van der Waals surface area contributed by atoms with Gasteiger partial charge in [0, 0.05) is 45.1 Å². The molecule has 2 aliphatic heterocycles. The van der Waals surface area contributed by atoms with Gasteiger partial charge in [-0.25, -0.2) is 19.9 Å². The molecule has 0 radical (unpaired) electrons. The molecule has 1 saturated heterocycles. The first-order chi connectivity index (χ1) is 17.2. The number of para-hydroxylation sites is 2. The Hall–Kier alpha value is -4.24. The molecule has 0 aliphatic carbocycles. The SMILES string of the molecule is O=C1c2ccccc2C(=O)N1Cc1nc2ccccc2nc1CN1CCN(c2ncccn2)CC1. The molecule has 0 bridgehead atoms. The van der Waals surface area contributed by atoms with Crippen molar-refractivity contribution < 1.29 is 9.59 Å². The van der Waals surface area contributed by atoms with Crippen LogP contribution < -0.4 is 4.90 Å². The molecule has 4 aromatic rings. The third-order valence-electron chi connectivity index (χ3n) is 6.49. The molecule has 0 N–H and O–H groups in total. The number of anilines is 1. The van der Waals surface area contributed by atoms with E-state index in [1.807, 2.05) is 30.3 Å². The zero-order chi connectivity index (χ0) is 23.8. The van der Waals surface area contributed by atoms with Crippen LogP contribution in [0, 0.1) is 0 Å². The Kier molecular flexibility index (Phi) is 5.38. The quantitative estimate of drug-likeness (QED) is 0.415. The maximum Gasteiger partial charge on any atom is 0.261 e. The van der Waals surface area contributed by atoms with Gasteiger partial charge in [-0.3, -0.25) is 19.4 Å². The normalized spacial score (nSPS) is 16.2. The van der Waals surface area contributed by atoms with Gasteiger partial charge < -0.3 is 4.90 Å². The van der Waals surface area contributed by atoms with Crippen molar-refractivity contribution in [1.29, 1.82) is 0 Å². The van der Waals surface area contributed by atoms with Crippen LogP contribution in [0.3, 0.4) is 0 Å². The van der Waals surface area contributed by atoms with Crippen molar-refractivity contribution in [3.8, 4) is 0 Å². The summed E-state index contributed by atoms with van der Waals surface area (Å²) in [4.78, 5) is 50.1. The van der Waals surface area contributed by atoms with E-state index in [0.717, 1.165) is 48.9 Å². The molecule has 6 rings (SSSR count). The van der Waals surface area contributed by atoms with E-state index in [-0.39, 0.29) is 18.4 Å². The maximum absolute atomic E-state index is 13.0. The van der Waals surface area contributed by atoms with Crippen LogP contribution in [0.25, 0.3) is 11.0 Å². The van der Waals surface area contributed by atoms with Crippen LogP contribution in [0.5, 0.6) is 0 Å². The molecule has 35 heavy (non-hydrogen) atoms. The summed E-state index contributed by atoms with van der Waals surface area (Å²) >= 11 is 0. The number of hydrogen-bond acceptors (Lipinski definition) is 8. The summed E-state index contributed by atoms with van der Waals surface area (Å²) in [6, 6.07) is 16.4. The molecule has 2 aromatic heterocycles. The van der Waals surface area contributed by atoms with Crippen molar-refractivity contribution in [2.24, 2.45) is 0 Å². The number of nitrogens with zero attached hydrogens (tertiary/aromatic N) is 7. The van der Waals surface area contributed by atoms with Crippen molar-refractivity contribution in [2.75, 3.05) is 31.1 Å². The highest BCUT2D eigenvalue weighted by Gasteiger charge is 2.36. The lowest BCUT2D eigenvalue weighted by Crippen LogP contribution is -2.46. The molecule has 9 nitrogen and oxygen atoms in total. The molecular formula is C26H23N7O2. The molecule has 174 valence electrons. The van der Waals surface area contributed by atoms with E-state index in [1.54, 1.807) is 36.7 Å². The fraction of sp³-hybridized carbons (Fsp3) is 0.231. The number of rotatable bonds is 5.